The lowest BCUT2D eigenvalue weighted by atomic mass is 10.1. The Bertz CT molecular complexity index is 462. The highest BCUT2D eigenvalue weighted by molar-refractivity contribution is 5.96. The highest BCUT2D eigenvalue weighted by Gasteiger charge is 2.18. The maximum absolute atomic E-state index is 11.7. The molecule has 1 aliphatic heterocycles. The summed E-state index contributed by atoms with van der Waals surface area (Å²) >= 11 is 0. The molecule has 1 fully saturated rings. The molecule has 1 saturated heterocycles. The van der Waals surface area contributed by atoms with Gasteiger partial charge in [-0.25, -0.2) is 0 Å². The third kappa shape index (κ3) is 3.17. The summed E-state index contributed by atoms with van der Waals surface area (Å²) < 4.78 is 5.63. The zero-order chi connectivity index (χ0) is 13.8. The van der Waals surface area contributed by atoms with Crippen LogP contribution in [0, 0.1) is 0 Å². The standard InChI is InChI=1S/C14H21N3O2/c1-10-9-17(6-3-7-19-10)13-8-11(14(18)16-2)4-5-12(13)15/h4-5,8,10H,3,6-7,9,15H2,1-2H3,(H,16,18). The van der Waals surface area contributed by atoms with Gasteiger partial charge in [-0.3, -0.25) is 4.79 Å². The fourth-order valence-corrected chi connectivity index (χ4v) is 2.32. The molecule has 0 aromatic heterocycles. The lowest BCUT2D eigenvalue weighted by molar-refractivity contribution is 0.0821. The molecule has 1 aliphatic rings. The predicted octanol–water partition coefficient (Wildman–Crippen LogP) is 1.24. The molecule has 1 aromatic carbocycles. The first-order valence-electron chi connectivity index (χ1n) is 6.60. The number of benzene rings is 1. The molecule has 19 heavy (non-hydrogen) atoms. The summed E-state index contributed by atoms with van der Waals surface area (Å²) in [6.45, 7) is 4.51. The minimum absolute atomic E-state index is 0.0969. The van der Waals surface area contributed by atoms with Gasteiger partial charge in [0.05, 0.1) is 17.5 Å². The molecule has 0 radical (unpaired) electrons. The molecule has 104 valence electrons. The Kier molecular flexibility index (Phi) is 4.27. The van der Waals surface area contributed by atoms with E-state index in [4.69, 9.17) is 10.5 Å². The molecular formula is C14H21N3O2. The molecule has 1 atom stereocenters. The quantitative estimate of drug-likeness (QED) is 0.788. The van der Waals surface area contributed by atoms with Crippen molar-refractivity contribution >= 4 is 17.3 Å². The molecule has 1 unspecified atom stereocenters. The van der Waals surface area contributed by atoms with Crippen molar-refractivity contribution in [3.63, 3.8) is 0 Å². The van der Waals surface area contributed by atoms with Gasteiger partial charge in [0.25, 0.3) is 5.91 Å². The van der Waals surface area contributed by atoms with Gasteiger partial charge in [-0.15, -0.1) is 0 Å². The minimum Gasteiger partial charge on any atom is -0.397 e. The maximum Gasteiger partial charge on any atom is 0.251 e. The molecule has 0 spiro atoms. The first kappa shape index (κ1) is 13.7. The Labute approximate surface area is 113 Å². The summed E-state index contributed by atoms with van der Waals surface area (Å²) in [6, 6.07) is 5.39. The first-order valence-corrected chi connectivity index (χ1v) is 6.60. The number of rotatable bonds is 2. The molecule has 5 heteroatoms. The average Bonchev–Trinajstić information content (AvgIpc) is 2.63. The molecule has 1 heterocycles. The number of anilines is 2. The molecule has 0 saturated carbocycles. The second kappa shape index (κ2) is 5.93. The fourth-order valence-electron chi connectivity index (χ4n) is 2.32. The van der Waals surface area contributed by atoms with E-state index in [0.717, 1.165) is 31.8 Å². The van der Waals surface area contributed by atoms with Crippen LogP contribution in [-0.4, -0.2) is 38.8 Å². The molecular weight excluding hydrogens is 242 g/mol. The third-order valence-electron chi connectivity index (χ3n) is 3.31. The van der Waals surface area contributed by atoms with Crippen LogP contribution < -0.4 is 16.0 Å². The Morgan fingerprint density at radius 3 is 3.05 bits per heavy atom. The zero-order valence-electron chi connectivity index (χ0n) is 11.5. The molecule has 0 bridgehead atoms. The summed E-state index contributed by atoms with van der Waals surface area (Å²) in [5.74, 6) is -0.0969. The summed E-state index contributed by atoms with van der Waals surface area (Å²) in [5, 5.41) is 2.63. The summed E-state index contributed by atoms with van der Waals surface area (Å²) in [6.07, 6.45) is 1.14. The van der Waals surface area contributed by atoms with Crippen molar-refractivity contribution in [1.82, 2.24) is 5.32 Å². The highest BCUT2D eigenvalue weighted by atomic mass is 16.5. The molecule has 3 N–H and O–H groups in total. The minimum atomic E-state index is -0.0969. The summed E-state index contributed by atoms with van der Waals surface area (Å²) in [5.41, 5.74) is 8.28. The van der Waals surface area contributed by atoms with Crippen molar-refractivity contribution < 1.29 is 9.53 Å². The highest BCUT2D eigenvalue weighted by Crippen LogP contribution is 2.26. The number of ether oxygens (including phenoxy) is 1. The monoisotopic (exact) mass is 263 g/mol. The van der Waals surface area contributed by atoms with Gasteiger partial charge in [0.15, 0.2) is 0 Å². The maximum atomic E-state index is 11.7. The number of carbonyl (C=O) groups is 1. The van der Waals surface area contributed by atoms with Gasteiger partial charge in [0, 0.05) is 32.3 Å². The molecule has 2 rings (SSSR count). The molecule has 1 amide bonds. The van der Waals surface area contributed by atoms with E-state index in [1.54, 1.807) is 19.2 Å². The van der Waals surface area contributed by atoms with Gasteiger partial charge < -0.3 is 20.7 Å². The van der Waals surface area contributed by atoms with E-state index in [9.17, 15) is 4.79 Å². The van der Waals surface area contributed by atoms with Crippen LogP contribution in [0.3, 0.4) is 0 Å². The number of nitrogens with one attached hydrogen (secondary N) is 1. The number of nitrogens with zero attached hydrogens (tertiary/aromatic N) is 1. The van der Waals surface area contributed by atoms with Crippen molar-refractivity contribution in [3.8, 4) is 0 Å². The van der Waals surface area contributed by atoms with Gasteiger partial charge >= 0.3 is 0 Å². The summed E-state index contributed by atoms with van der Waals surface area (Å²) in [4.78, 5) is 13.9. The topological polar surface area (TPSA) is 67.6 Å². The predicted molar refractivity (Wildman–Crippen MR) is 76.5 cm³/mol. The SMILES string of the molecule is CNC(=O)c1ccc(N)c(N2CCCOC(C)C2)c1. The number of carbonyl (C=O) groups excluding carboxylic acids is 1. The molecule has 5 nitrogen and oxygen atoms in total. The van der Waals surface area contributed by atoms with Crippen molar-refractivity contribution in [2.24, 2.45) is 0 Å². The summed E-state index contributed by atoms with van der Waals surface area (Å²) in [7, 11) is 1.63. The van der Waals surface area contributed by atoms with Crippen LogP contribution in [0.2, 0.25) is 0 Å². The number of nitrogens with two attached hydrogens (primary N) is 1. The van der Waals surface area contributed by atoms with Crippen molar-refractivity contribution in [2.75, 3.05) is 37.4 Å². The largest absolute Gasteiger partial charge is 0.397 e. The van der Waals surface area contributed by atoms with E-state index in [2.05, 4.69) is 17.1 Å². The number of nitrogen functional groups attached to an aromatic ring is 1. The van der Waals surface area contributed by atoms with Gasteiger partial charge in [-0.05, 0) is 31.5 Å². The van der Waals surface area contributed by atoms with Crippen LogP contribution in [0.5, 0.6) is 0 Å². The van der Waals surface area contributed by atoms with Crippen molar-refractivity contribution in [3.05, 3.63) is 23.8 Å². The number of hydrogen-bond acceptors (Lipinski definition) is 4. The Hall–Kier alpha value is -1.75. The van der Waals surface area contributed by atoms with Crippen LogP contribution in [-0.2, 0) is 4.74 Å². The van der Waals surface area contributed by atoms with Gasteiger partial charge in [0.2, 0.25) is 0 Å². The second-order valence-corrected chi connectivity index (χ2v) is 4.83. The van der Waals surface area contributed by atoms with Crippen molar-refractivity contribution in [2.45, 2.75) is 19.4 Å². The smallest absolute Gasteiger partial charge is 0.251 e. The van der Waals surface area contributed by atoms with Crippen LogP contribution in [0.1, 0.15) is 23.7 Å². The van der Waals surface area contributed by atoms with Crippen LogP contribution in [0.4, 0.5) is 11.4 Å². The van der Waals surface area contributed by atoms with E-state index in [-0.39, 0.29) is 12.0 Å². The number of hydrogen-bond donors (Lipinski definition) is 2. The van der Waals surface area contributed by atoms with E-state index >= 15 is 0 Å². The normalized spacial score (nSPS) is 19.9. The van der Waals surface area contributed by atoms with E-state index < -0.39 is 0 Å². The fraction of sp³-hybridized carbons (Fsp3) is 0.500. The lowest BCUT2D eigenvalue weighted by Gasteiger charge is -2.26. The average molecular weight is 263 g/mol. The third-order valence-corrected chi connectivity index (χ3v) is 3.31. The van der Waals surface area contributed by atoms with Crippen LogP contribution in [0.25, 0.3) is 0 Å². The Morgan fingerprint density at radius 2 is 2.32 bits per heavy atom. The van der Waals surface area contributed by atoms with E-state index in [1.165, 1.54) is 0 Å². The lowest BCUT2D eigenvalue weighted by Crippen LogP contribution is -2.31. The molecule has 1 aromatic rings. The first-order chi connectivity index (χ1) is 9.11. The molecule has 0 aliphatic carbocycles. The van der Waals surface area contributed by atoms with Crippen molar-refractivity contribution in [1.29, 1.82) is 0 Å². The second-order valence-electron chi connectivity index (χ2n) is 4.83. The van der Waals surface area contributed by atoms with Gasteiger partial charge in [-0.2, -0.15) is 0 Å². The Balaban J connectivity index is 2.29. The Morgan fingerprint density at radius 1 is 1.53 bits per heavy atom. The zero-order valence-corrected chi connectivity index (χ0v) is 11.5. The van der Waals surface area contributed by atoms with Crippen LogP contribution >= 0.6 is 0 Å². The van der Waals surface area contributed by atoms with E-state index in [1.807, 2.05) is 6.07 Å². The van der Waals surface area contributed by atoms with Gasteiger partial charge in [-0.1, -0.05) is 0 Å². The van der Waals surface area contributed by atoms with Crippen LogP contribution in [0.15, 0.2) is 18.2 Å². The van der Waals surface area contributed by atoms with E-state index in [0.29, 0.717) is 11.3 Å². The van der Waals surface area contributed by atoms with Gasteiger partial charge in [0.1, 0.15) is 0 Å². The number of amides is 1.